The number of nitrogens with zero attached hydrogens (tertiary/aromatic N) is 1. The Hall–Kier alpha value is -0.750. The Kier molecular flexibility index (Phi) is 11.3. The van der Waals surface area contributed by atoms with E-state index >= 15 is 0 Å². The van der Waals surface area contributed by atoms with Crippen LogP contribution in [0.4, 0.5) is 5.69 Å². The monoisotopic (exact) mass is 379 g/mol. The summed E-state index contributed by atoms with van der Waals surface area (Å²) in [6.07, 6.45) is 11.4. The summed E-state index contributed by atoms with van der Waals surface area (Å²) in [6.45, 7) is 9.03. The van der Waals surface area contributed by atoms with Crippen molar-refractivity contribution in [3.8, 4) is 0 Å². The van der Waals surface area contributed by atoms with Gasteiger partial charge < -0.3 is 9.24 Å². The topological polar surface area (TPSA) is 20.3 Å². The SMILES string of the molecule is CCCCC(CC)CP(=O)(CC(CC)CCCC)N(C)c1ccccc1. The summed E-state index contributed by atoms with van der Waals surface area (Å²) in [6, 6.07) is 10.4. The summed E-state index contributed by atoms with van der Waals surface area (Å²) in [5, 5.41) is 0. The predicted molar refractivity (Wildman–Crippen MR) is 119 cm³/mol. The van der Waals surface area contributed by atoms with Crippen molar-refractivity contribution >= 4 is 13.0 Å². The summed E-state index contributed by atoms with van der Waals surface area (Å²) in [5.74, 6) is 1.16. The molecule has 2 atom stereocenters. The summed E-state index contributed by atoms with van der Waals surface area (Å²) in [4.78, 5) is 0. The van der Waals surface area contributed by atoms with Gasteiger partial charge in [-0.05, 0) is 36.8 Å². The van der Waals surface area contributed by atoms with E-state index in [9.17, 15) is 4.57 Å². The van der Waals surface area contributed by atoms with Crippen LogP contribution in [0.1, 0.15) is 79.1 Å². The number of rotatable bonds is 14. The molecule has 150 valence electrons. The Morgan fingerprint density at radius 1 is 0.846 bits per heavy atom. The van der Waals surface area contributed by atoms with Gasteiger partial charge in [0, 0.05) is 25.1 Å². The molecule has 0 radical (unpaired) electrons. The van der Waals surface area contributed by atoms with E-state index in [0.29, 0.717) is 11.8 Å². The molecule has 0 fully saturated rings. The minimum atomic E-state index is -2.42. The van der Waals surface area contributed by atoms with Crippen LogP contribution < -0.4 is 4.67 Å². The average molecular weight is 380 g/mol. The highest BCUT2D eigenvalue weighted by molar-refractivity contribution is 7.65. The third kappa shape index (κ3) is 7.47. The van der Waals surface area contributed by atoms with Crippen LogP contribution in [0.25, 0.3) is 0 Å². The Balaban J connectivity index is 3.03. The van der Waals surface area contributed by atoms with E-state index in [1.54, 1.807) is 0 Å². The second-order valence-corrected chi connectivity index (χ2v) is 10.9. The number of hydrogen-bond donors (Lipinski definition) is 0. The lowest BCUT2D eigenvalue weighted by molar-refractivity contribution is 0.462. The molecule has 0 aliphatic carbocycles. The summed E-state index contributed by atoms with van der Waals surface area (Å²) in [7, 11) is -0.360. The van der Waals surface area contributed by atoms with Crippen LogP contribution in [0.5, 0.6) is 0 Å². The molecule has 2 nitrogen and oxygen atoms in total. The van der Waals surface area contributed by atoms with E-state index in [1.807, 2.05) is 6.07 Å². The van der Waals surface area contributed by atoms with Crippen molar-refractivity contribution in [2.45, 2.75) is 79.1 Å². The molecular weight excluding hydrogens is 337 g/mol. The summed E-state index contributed by atoms with van der Waals surface area (Å²) >= 11 is 0. The highest BCUT2D eigenvalue weighted by atomic mass is 31.2. The van der Waals surface area contributed by atoms with Crippen molar-refractivity contribution in [2.24, 2.45) is 11.8 Å². The molecule has 0 spiro atoms. The van der Waals surface area contributed by atoms with Gasteiger partial charge in [0.15, 0.2) is 7.29 Å². The maximum absolute atomic E-state index is 14.3. The molecular formula is C23H42NOP. The van der Waals surface area contributed by atoms with Gasteiger partial charge in [-0.1, -0.05) is 84.4 Å². The van der Waals surface area contributed by atoms with Crippen molar-refractivity contribution < 1.29 is 4.57 Å². The largest absolute Gasteiger partial charge is 0.325 e. The fraction of sp³-hybridized carbons (Fsp3) is 0.739. The van der Waals surface area contributed by atoms with Crippen LogP contribution in [-0.2, 0) is 4.57 Å². The van der Waals surface area contributed by atoms with Crippen molar-refractivity contribution in [3.05, 3.63) is 30.3 Å². The zero-order valence-electron chi connectivity index (χ0n) is 17.9. The Bertz CT molecular complexity index is 494. The first kappa shape index (κ1) is 23.3. The van der Waals surface area contributed by atoms with E-state index in [4.69, 9.17) is 0 Å². The zero-order valence-corrected chi connectivity index (χ0v) is 18.8. The molecule has 1 aromatic rings. The van der Waals surface area contributed by atoms with Gasteiger partial charge in [0.1, 0.15) is 0 Å². The lowest BCUT2D eigenvalue weighted by Gasteiger charge is -2.35. The highest BCUT2D eigenvalue weighted by Crippen LogP contribution is 2.55. The van der Waals surface area contributed by atoms with Gasteiger partial charge in [-0.15, -0.1) is 0 Å². The molecule has 0 aliphatic rings. The van der Waals surface area contributed by atoms with E-state index < -0.39 is 7.29 Å². The minimum absolute atomic E-state index is 0.579. The molecule has 2 unspecified atom stereocenters. The highest BCUT2D eigenvalue weighted by Gasteiger charge is 2.33. The normalized spacial score (nSPS) is 16.0. The third-order valence-corrected chi connectivity index (χ3v) is 9.35. The summed E-state index contributed by atoms with van der Waals surface area (Å²) < 4.78 is 16.5. The first-order chi connectivity index (χ1) is 12.5. The molecule has 3 heteroatoms. The van der Waals surface area contributed by atoms with Crippen LogP contribution in [0.3, 0.4) is 0 Å². The van der Waals surface area contributed by atoms with Crippen molar-refractivity contribution in [2.75, 3.05) is 24.0 Å². The van der Waals surface area contributed by atoms with Crippen LogP contribution >= 0.6 is 7.29 Å². The van der Waals surface area contributed by atoms with Crippen LogP contribution in [0, 0.1) is 11.8 Å². The van der Waals surface area contributed by atoms with Crippen LogP contribution in [-0.4, -0.2) is 19.4 Å². The lowest BCUT2D eigenvalue weighted by atomic mass is 10.0. The second-order valence-electron chi connectivity index (χ2n) is 7.90. The molecule has 0 saturated heterocycles. The Morgan fingerprint density at radius 3 is 1.69 bits per heavy atom. The number of unbranched alkanes of at least 4 members (excludes halogenated alkanes) is 2. The maximum Gasteiger partial charge on any atom is 0.172 e. The van der Waals surface area contributed by atoms with Crippen molar-refractivity contribution in [1.82, 2.24) is 0 Å². The smallest absolute Gasteiger partial charge is 0.172 e. The van der Waals surface area contributed by atoms with Gasteiger partial charge in [0.2, 0.25) is 0 Å². The number of para-hydroxylation sites is 1. The maximum atomic E-state index is 14.3. The van der Waals surface area contributed by atoms with Gasteiger partial charge in [-0.2, -0.15) is 0 Å². The van der Waals surface area contributed by atoms with E-state index in [0.717, 1.165) is 30.9 Å². The minimum Gasteiger partial charge on any atom is -0.325 e. The van der Waals surface area contributed by atoms with Crippen LogP contribution in [0.2, 0.25) is 0 Å². The molecule has 0 N–H and O–H groups in total. The molecule has 26 heavy (non-hydrogen) atoms. The standard InChI is InChI=1S/C23H42NOP/c1-6-10-15-21(8-3)19-26(25,20-22(9-4)16-11-7-2)24(5)23-17-13-12-14-18-23/h12-14,17-18,21-22H,6-11,15-16,19-20H2,1-5H3. The second kappa shape index (κ2) is 12.6. The predicted octanol–water partition coefficient (Wildman–Crippen LogP) is 7.83. The van der Waals surface area contributed by atoms with E-state index in [-0.39, 0.29) is 0 Å². The Morgan fingerprint density at radius 2 is 1.31 bits per heavy atom. The Labute approximate surface area is 163 Å². The van der Waals surface area contributed by atoms with Gasteiger partial charge >= 0.3 is 0 Å². The fourth-order valence-electron chi connectivity index (χ4n) is 3.82. The number of anilines is 1. The van der Waals surface area contributed by atoms with E-state index in [1.165, 1.54) is 38.5 Å². The van der Waals surface area contributed by atoms with Gasteiger partial charge in [-0.25, -0.2) is 0 Å². The fourth-order valence-corrected chi connectivity index (χ4v) is 7.50. The molecule has 1 aromatic carbocycles. The molecule has 0 amide bonds. The first-order valence-electron chi connectivity index (χ1n) is 10.9. The van der Waals surface area contributed by atoms with Crippen LogP contribution in [0.15, 0.2) is 30.3 Å². The zero-order chi connectivity index (χ0) is 19.4. The van der Waals surface area contributed by atoms with Crippen molar-refractivity contribution in [3.63, 3.8) is 0 Å². The number of benzene rings is 1. The molecule has 0 aromatic heterocycles. The van der Waals surface area contributed by atoms with Gasteiger partial charge in [0.05, 0.1) is 0 Å². The summed E-state index contributed by atoms with van der Waals surface area (Å²) in [5.41, 5.74) is 1.10. The molecule has 0 aliphatic heterocycles. The van der Waals surface area contributed by atoms with E-state index in [2.05, 4.69) is 63.7 Å². The quantitative estimate of drug-likeness (QED) is 0.307. The van der Waals surface area contributed by atoms with Gasteiger partial charge in [0.25, 0.3) is 0 Å². The third-order valence-electron chi connectivity index (χ3n) is 5.85. The van der Waals surface area contributed by atoms with Crippen molar-refractivity contribution in [1.29, 1.82) is 0 Å². The van der Waals surface area contributed by atoms with Gasteiger partial charge in [-0.3, -0.25) is 0 Å². The molecule has 0 heterocycles. The molecule has 0 bridgehead atoms. The molecule has 0 saturated carbocycles. The molecule has 1 rings (SSSR count). The first-order valence-corrected chi connectivity index (χ1v) is 12.9. The lowest BCUT2D eigenvalue weighted by Crippen LogP contribution is -2.24. The number of hydrogen-bond acceptors (Lipinski definition) is 1. The average Bonchev–Trinajstić information content (AvgIpc) is 2.68.